The molecule has 0 spiro atoms. The van der Waals surface area contributed by atoms with E-state index in [2.05, 4.69) is 0 Å². The van der Waals surface area contributed by atoms with Crippen LogP contribution in [0.25, 0.3) is 0 Å². The minimum absolute atomic E-state index is 0.0183. The molecule has 0 fully saturated rings. The number of rotatable bonds is 4. The SMILES string of the molecule is COCC(C)(O)Cc1cc(F)ccc1F. The first-order valence-electron chi connectivity index (χ1n) is 4.60. The first-order valence-corrected chi connectivity index (χ1v) is 4.60. The fourth-order valence-corrected chi connectivity index (χ4v) is 1.45. The second kappa shape index (κ2) is 4.68. The molecule has 84 valence electrons. The maximum atomic E-state index is 13.2. The third-order valence-corrected chi connectivity index (χ3v) is 2.03. The van der Waals surface area contributed by atoms with Crippen molar-refractivity contribution < 1.29 is 18.6 Å². The monoisotopic (exact) mass is 216 g/mol. The first-order chi connectivity index (χ1) is 6.94. The van der Waals surface area contributed by atoms with Gasteiger partial charge < -0.3 is 9.84 Å². The summed E-state index contributed by atoms with van der Waals surface area (Å²) in [6.45, 7) is 1.59. The van der Waals surface area contributed by atoms with E-state index >= 15 is 0 Å². The highest BCUT2D eigenvalue weighted by Crippen LogP contribution is 2.17. The number of hydrogen-bond acceptors (Lipinski definition) is 2. The van der Waals surface area contributed by atoms with Gasteiger partial charge in [-0.2, -0.15) is 0 Å². The molecule has 1 unspecified atom stereocenters. The van der Waals surface area contributed by atoms with E-state index in [9.17, 15) is 13.9 Å². The molecule has 4 heteroatoms. The summed E-state index contributed by atoms with van der Waals surface area (Å²) in [4.78, 5) is 0. The number of aliphatic hydroxyl groups is 1. The Morgan fingerprint density at radius 3 is 2.67 bits per heavy atom. The molecule has 0 aliphatic rings. The lowest BCUT2D eigenvalue weighted by molar-refractivity contribution is -0.0166. The Bertz CT molecular complexity index is 337. The number of hydrogen-bond donors (Lipinski definition) is 1. The Kier molecular flexibility index (Phi) is 3.77. The van der Waals surface area contributed by atoms with Gasteiger partial charge in [-0.3, -0.25) is 0 Å². The molecular weight excluding hydrogens is 202 g/mol. The molecule has 0 bridgehead atoms. The van der Waals surface area contributed by atoms with Crippen LogP contribution < -0.4 is 0 Å². The van der Waals surface area contributed by atoms with Crippen molar-refractivity contribution in [1.29, 1.82) is 0 Å². The molecule has 1 aromatic rings. The van der Waals surface area contributed by atoms with Crippen LogP contribution in [0, 0.1) is 11.6 Å². The van der Waals surface area contributed by atoms with E-state index in [-0.39, 0.29) is 18.6 Å². The summed E-state index contributed by atoms with van der Waals surface area (Å²) < 4.78 is 30.8. The van der Waals surface area contributed by atoms with E-state index in [1.54, 1.807) is 0 Å². The topological polar surface area (TPSA) is 29.5 Å². The molecule has 1 aromatic carbocycles. The molecular formula is C11H14F2O2. The maximum absolute atomic E-state index is 13.2. The molecule has 1 N–H and O–H groups in total. The number of halogens is 2. The Hall–Kier alpha value is -1.00. The quantitative estimate of drug-likeness (QED) is 0.833. The lowest BCUT2D eigenvalue weighted by Gasteiger charge is -2.22. The van der Waals surface area contributed by atoms with E-state index in [1.807, 2.05) is 0 Å². The zero-order chi connectivity index (χ0) is 11.5. The van der Waals surface area contributed by atoms with Gasteiger partial charge in [-0.25, -0.2) is 8.78 Å². The van der Waals surface area contributed by atoms with Crippen LogP contribution in [0.3, 0.4) is 0 Å². The van der Waals surface area contributed by atoms with E-state index in [0.29, 0.717) is 0 Å². The average Bonchev–Trinajstić information content (AvgIpc) is 2.10. The molecule has 1 rings (SSSR count). The number of ether oxygens (including phenoxy) is 1. The third-order valence-electron chi connectivity index (χ3n) is 2.03. The van der Waals surface area contributed by atoms with E-state index in [4.69, 9.17) is 4.74 Å². The van der Waals surface area contributed by atoms with Crippen LogP contribution in [0.1, 0.15) is 12.5 Å². The summed E-state index contributed by atoms with van der Waals surface area (Å²) in [5.74, 6) is -1.03. The van der Waals surface area contributed by atoms with Crippen LogP contribution in [0.2, 0.25) is 0 Å². The van der Waals surface area contributed by atoms with E-state index in [1.165, 1.54) is 14.0 Å². The van der Waals surface area contributed by atoms with Crippen LogP contribution in [-0.2, 0) is 11.2 Å². The van der Waals surface area contributed by atoms with Crippen LogP contribution >= 0.6 is 0 Å². The van der Waals surface area contributed by atoms with E-state index in [0.717, 1.165) is 18.2 Å². The van der Waals surface area contributed by atoms with Crippen molar-refractivity contribution in [2.75, 3.05) is 13.7 Å². The summed E-state index contributed by atoms with van der Waals surface area (Å²) >= 11 is 0. The number of methoxy groups -OCH3 is 1. The third kappa shape index (κ3) is 3.57. The second-order valence-electron chi connectivity index (χ2n) is 3.84. The van der Waals surface area contributed by atoms with Crippen molar-refractivity contribution in [2.24, 2.45) is 0 Å². The molecule has 0 aliphatic heterocycles. The Morgan fingerprint density at radius 2 is 2.07 bits per heavy atom. The molecule has 1 atom stereocenters. The van der Waals surface area contributed by atoms with Gasteiger partial charge in [-0.1, -0.05) is 0 Å². The summed E-state index contributed by atoms with van der Waals surface area (Å²) in [5.41, 5.74) is -1.04. The molecule has 2 nitrogen and oxygen atoms in total. The van der Waals surface area contributed by atoms with Gasteiger partial charge in [0.15, 0.2) is 0 Å². The highest BCUT2D eigenvalue weighted by Gasteiger charge is 2.22. The van der Waals surface area contributed by atoms with Gasteiger partial charge in [0.05, 0.1) is 12.2 Å². The lowest BCUT2D eigenvalue weighted by atomic mass is 9.97. The second-order valence-corrected chi connectivity index (χ2v) is 3.84. The van der Waals surface area contributed by atoms with Crippen LogP contribution in [-0.4, -0.2) is 24.4 Å². The highest BCUT2D eigenvalue weighted by molar-refractivity contribution is 5.20. The van der Waals surface area contributed by atoms with Crippen molar-refractivity contribution in [3.05, 3.63) is 35.4 Å². The van der Waals surface area contributed by atoms with Crippen LogP contribution in [0.4, 0.5) is 8.78 Å². The van der Waals surface area contributed by atoms with Gasteiger partial charge in [-0.15, -0.1) is 0 Å². The van der Waals surface area contributed by atoms with Crippen molar-refractivity contribution in [1.82, 2.24) is 0 Å². The Balaban J connectivity index is 2.83. The van der Waals surface area contributed by atoms with Gasteiger partial charge in [0, 0.05) is 13.5 Å². The van der Waals surface area contributed by atoms with Crippen molar-refractivity contribution in [3.8, 4) is 0 Å². The fraction of sp³-hybridized carbons (Fsp3) is 0.455. The predicted octanol–water partition coefficient (Wildman–Crippen LogP) is 1.90. The van der Waals surface area contributed by atoms with Crippen LogP contribution in [0.15, 0.2) is 18.2 Å². The van der Waals surface area contributed by atoms with Gasteiger partial charge in [0.2, 0.25) is 0 Å². The molecule has 0 saturated carbocycles. The average molecular weight is 216 g/mol. The van der Waals surface area contributed by atoms with Crippen molar-refractivity contribution >= 4 is 0 Å². The zero-order valence-corrected chi connectivity index (χ0v) is 8.76. The number of benzene rings is 1. The standard InChI is InChI=1S/C11H14F2O2/c1-11(14,7-15-2)6-8-5-9(12)3-4-10(8)13/h3-5,14H,6-7H2,1-2H3. The molecule has 0 radical (unpaired) electrons. The summed E-state index contributed by atoms with van der Waals surface area (Å²) in [6.07, 6.45) is 0.0183. The fourth-order valence-electron chi connectivity index (χ4n) is 1.45. The minimum atomic E-state index is -1.19. The van der Waals surface area contributed by atoms with Crippen molar-refractivity contribution in [3.63, 3.8) is 0 Å². The Labute approximate surface area is 87.5 Å². The first kappa shape index (κ1) is 12.1. The highest BCUT2D eigenvalue weighted by atomic mass is 19.1. The molecule has 0 aliphatic carbocycles. The molecule has 0 heterocycles. The zero-order valence-electron chi connectivity index (χ0n) is 8.76. The smallest absolute Gasteiger partial charge is 0.126 e. The van der Waals surface area contributed by atoms with Gasteiger partial charge in [0.25, 0.3) is 0 Å². The normalized spacial score (nSPS) is 15.0. The molecule has 0 aromatic heterocycles. The summed E-state index contributed by atoms with van der Waals surface area (Å²) in [5, 5.41) is 9.77. The van der Waals surface area contributed by atoms with Gasteiger partial charge in [-0.05, 0) is 30.7 Å². The molecule has 0 amide bonds. The van der Waals surface area contributed by atoms with Gasteiger partial charge in [0.1, 0.15) is 11.6 Å². The molecule has 15 heavy (non-hydrogen) atoms. The molecule has 0 saturated heterocycles. The van der Waals surface area contributed by atoms with Crippen molar-refractivity contribution in [2.45, 2.75) is 18.9 Å². The van der Waals surface area contributed by atoms with Crippen LogP contribution in [0.5, 0.6) is 0 Å². The Morgan fingerprint density at radius 1 is 1.40 bits per heavy atom. The predicted molar refractivity (Wildman–Crippen MR) is 52.6 cm³/mol. The summed E-state index contributed by atoms with van der Waals surface area (Å²) in [6, 6.07) is 3.18. The lowest BCUT2D eigenvalue weighted by Crippen LogP contribution is -2.33. The summed E-state index contributed by atoms with van der Waals surface area (Å²) in [7, 11) is 1.44. The largest absolute Gasteiger partial charge is 0.387 e. The van der Waals surface area contributed by atoms with Gasteiger partial charge >= 0.3 is 0 Å². The van der Waals surface area contributed by atoms with E-state index < -0.39 is 17.2 Å². The minimum Gasteiger partial charge on any atom is -0.387 e. The maximum Gasteiger partial charge on any atom is 0.126 e.